The summed E-state index contributed by atoms with van der Waals surface area (Å²) in [4.78, 5) is 19.2. The summed E-state index contributed by atoms with van der Waals surface area (Å²) >= 11 is 0. The Morgan fingerprint density at radius 2 is 1.71 bits per heavy atom. The minimum absolute atomic E-state index is 0.329. The van der Waals surface area contributed by atoms with E-state index in [2.05, 4.69) is 26.1 Å². The van der Waals surface area contributed by atoms with Crippen molar-refractivity contribution in [1.82, 2.24) is 15.4 Å². The predicted octanol–water partition coefficient (Wildman–Crippen LogP) is 1.63. The molecule has 0 radical (unpaired) electrons. The summed E-state index contributed by atoms with van der Waals surface area (Å²) in [5, 5.41) is 2.64. The molecule has 0 unspecified atom stereocenters. The molecule has 6 heteroatoms. The molecule has 0 saturated heterocycles. The van der Waals surface area contributed by atoms with Crippen molar-refractivity contribution in [2.24, 2.45) is 0 Å². The molecule has 2 rings (SSSR count). The van der Waals surface area contributed by atoms with Crippen molar-refractivity contribution in [3.8, 4) is 0 Å². The van der Waals surface area contributed by atoms with E-state index in [4.69, 9.17) is 0 Å². The van der Waals surface area contributed by atoms with Gasteiger partial charge < -0.3 is 5.32 Å². The number of para-hydroxylation sites is 1. The van der Waals surface area contributed by atoms with Crippen LogP contribution in [0.3, 0.4) is 0 Å². The normalized spacial score (nSPS) is 9.41. The van der Waals surface area contributed by atoms with E-state index in [0.29, 0.717) is 11.6 Å². The molecule has 0 aliphatic heterocycles. The van der Waals surface area contributed by atoms with Crippen LogP contribution in [0.25, 0.3) is 0 Å². The molecule has 0 atom stereocenters. The first-order chi connectivity index (χ1) is 8.34. The van der Waals surface area contributed by atoms with Crippen LogP contribution < -0.4 is 16.2 Å². The highest BCUT2D eigenvalue weighted by atomic mass is 16.2. The third-order valence-electron chi connectivity index (χ3n) is 1.89. The maximum absolute atomic E-state index is 11.4. The van der Waals surface area contributed by atoms with Gasteiger partial charge in [0, 0.05) is 18.1 Å². The number of urea groups is 1. The highest BCUT2D eigenvalue weighted by molar-refractivity contribution is 5.89. The van der Waals surface area contributed by atoms with E-state index in [-0.39, 0.29) is 6.03 Å². The van der Waals surface area contributed by atoms with Gasteiger partial charge in [-0.3, -0.25) is 5.43 Å². The van der Waals surface area contributed by atoms with E-state index in [1.807, 2.05) is 18.2 Å². The monoisotopic (exact) mass is 229 g/mol. The van der Waals surface area contributed by atoms with E-state index in [0.717, 1.165) is 0 Å². The third kappa shape index (κ3) is 3.45. The molecule has 3 N–H and O–H groups in total. The Morgan fingerprint density at radius 1 is 1.00 bits per heavy atom. The molecule has 1 heterocycles. The highest BCUT2D eigenvalue weighted by Crippen LogP contribution is 2.04. The van der Waals surface area contributed by atoms with Crippen molar-refractivity contribution < 1.29 is 4.79 Å². The third-order valence-corrected chi connectivity index (χ3v) is 1.89. The lowest BCUT2D eigenvalue weighted by Crippen LogP contribution is -2.34. The summed E-state index contributed by atoms with van der Waals surface area (Å²) in [6.45, 7) is 0. The van der Waals surface area contributed by atoms with E-state index in [1.165, 1.54) is 0 Å². The highest BCUT2D eigenvalue weighted by Gasteiger charge is 2.00. The zero-order chi connectivity index (χ0) is 11.9. The number of carbonyl (C=O) groups is 1. The van der Waals surface area contributed by atoms with Gasteiger partial charge in [-0.1, -0.05) is 18.2 Å². The van der Waals surface area contributed by atoms with Crippen molar-refractivity contribution in [3.63, 3.8) is 0 Å². The second-order valence-corrected chi connectivity index (χ2v) is 3.14. The SMILES string of the molecule is O=C(NNc1ncccn1)Nc1ccccc1. The van der Waals surface area contributed by atoms with Gasteiger partial charge in [0.2, 0.25) is 5.95 Å². The van der Waals surface area contributed by atoms with Crippen LogP contribution in [0, 0.1) is 0 Å². The molecule has 0 aliphatic carbocycles. The zero-order valence-electron chi connectivity index (χ0n) is 8.92. The summed E-state index contributed by atoms with van der Waals surface area (Å²) < 4.78 is 0. The maximum atomic E-state index is 11.4. The van der Waals surface area contributed by atoms with Crippen LogP contribution in [-0.4, -0.2) is 16.0 Å². The topological polar surface area (TPSA) is 78.9 Å². The fourth-order valence-electron chi connectivity index (χ4n) is 1.16. The molecular weight excluding hydrogens is 218 g/mol. The fourth-order valence-corrected chi connectivity index (χ4v) is 1.16. The standard InChI is InChI=1S/C11H11N5O/c17-11(14-9-5-2-1-3-6-9)16-15-10-12-7-4-8-13-10/h1-8H,(H,12,13,15)(H2,14,16,17). The van der Waals surface area contributed by atoms with Crippen molar-refractivity contribution in [1.29, 1.82) is 0 Å². The number of anilines is 2. The van der Waals surface area contributed by atoms with Gasteiger partial charge in [0.15, 0.2) is 0 Å². The summed E-state index contributed by atoms with van der Waals surface area (Å²) in [5.74, 6) is 0.329. The molecule has 0 aliphatic rings. The molecule has 1 aromatic carbocycles. The minimum atomic E-state index is -0.386. The van der Waals surface area contributed by atoms with Crippen LogP contribution in [-0.2, 0) is 0 Å². The Morgan fingerprint density at radius 3 is 2.41 bits per heavy atom. The Hall–Kier alpha value is -2.63. The van der Waals surface area contributed by atoms with Gasteiger partial charge in [0.05, 0.1) is 0 Å². The summed E-state index contributed by atoms with van der Waals surface area (Å²) in [7, 11) is 0. The van der Waals surface area contributed by atoms with Crippen molar-refractivity contribution in [2.45, 2.75) is 0 Å². The van der Waals surface area contributed by atoms with E-state index in [1.54, 1.807) is 30.6 Å². The van der Waals surface area contributed by atoms with Gasteiger partial charge in [0.1, 0.15) is 0 Å². The van der Waals surface area contributed by atoms with Crippen molar-refractivity contribution >= 4 is 17.7 Å². The largest absolute Gasteiger partial charge is 0.337 e. The second kappa shape index (κ2) is 5.45. The minimum Gasteiger partial charge on any atom is -0.307 e. The average molecular weight is 229 g/mol. The molecule has 0 bridgehead atoms. The number of aromatic nitrogens is 2. The summed E-state index contributed by atoms with van der Waals surface area (Å²) in [6.07, 6.45) is 3.15. The van der Waals surface area contributed by atoms with E-state index >= 15 is 0 Å². The van der Waals surface area contributed by atoms with Gasteiger partial charge in [-0.05, 0) is 18.2 Å². The van der Waals surface area contributed by atoms with Crippen molar-refractivity contribution in [2.75, 3.05) is 10.7 Å². The molecule has 0 saturated carbocycles. The number of amides is 2. The Labute approximate surface area is 98.1 Å². The van der Waals surface area contributed by atoms with E-state index < -0.39 is 0 Å². The number of carbonyl (C=O) groups excluding carboxylic acids is 1. The molecule has 86 valence electrons. The molecule has 6 nitrogen and oxygen atoms in total. The zero-order valence-corrected chi connectivity index (χ0v) is 8.92. The molecule has 2 amide bonds. The van der Waals surface area contributed by atoms with Gasteiger partial charge in [0.25, 0.3) is 0 Å². The number of rotatable bonds is 3. The van der Waals surface area contributed by atoms with Crippen molar-refractivity contribution in [3.05, 3.63) is 48.8 Å². The number of hydrazine groups is 1. The lowest BCUT2D eigenvalue weighted by molar-refractivity contribution is 0.253. The maximum Gasteiger partial charge on any atom is 0.337 e. The number of benzene rings is 1. The molecular formula is C11H11N5O. The molecule has 17 heavy (non-hydrogen) atoms. The molecule has 0 spiro atoms. The molecule has 2 aromatic rings. The van der Waals surface area contributed by atoms with Gasteiger partial charge >= 0.3 is 6.03 Å². The van der Waals surface area contributed by atoms with Gasteiger partial charge in [-0.2, -0.15) is 0 Å². The first-order valence-electron chi connectivity index (χ1n) is 5.00. The lowest BCUT2D eigenvalue weighted by Gasteiger charge is -2.07. The Kier molecular flexibility index (Phi) is 3.49. The first-order valence-corrected chi connectivity index (χ1v) is 5.00. The lowest BCUT2D eigenvalue weighted by atomic mass is 10.3. The van der Waals surface area contributed by atoms with E-state index in [9.17, 15) is 4.79 Å². The number of nitrogens with zero attached hydrogens (tertiary/aromatic N) is 2. The summed E-state index contributed by atoms with van der Waals surface area (Å²) in [5.41, 5.74) is 5.71. The van der Waals surface area contributed by atoms with Crippen LogP contribution in [0.5, 0.6) is 0 Å². The second-order valence-electron chi connectivity index (χ2n) is 3.14. The Balaban J connectivity index is 1.83. The Bertz CT molecular complexity index is 474. The predicted molar refractivity (Wildman–Crippen MR) is 64.3 cm³/mol. The number of hydrogen-bond donors (Lipinski definition) is 3. The quantitative estimate of drug-likeness (QED) is 0.699. The molecule has 0 fully saturated rings. The fraction of sp³-hybridized carbons (Fsp3) is 0. The number of nitrogens with one attached hydrogen (secondary N) is 3. The summed E-state index contributed by atoms with van der Waals surface area (Å²) in [6, 6.07) is 10.4. The van der Waals surface area contributed by atoms with Crippen LogP contribution in [0.4, 0.5) is 16.4 Å². The van der Waals surface area contributed by atoms with Crippen LogP contribution in [0.15, 0.2) is 48.8 Å². The van der Waals surface area contributed by atoms with Gasteiger partial charge in [-0.15, -0.1) is 0 Å². The molecule has 1 aromatic heterocycles. The van der Waals surface area contributed by atoms with Crippen LogP contribution in [0.1, 0.15) is 0 Å². The first kappa shape index (κ1) is 10.9. The smallest absolute Gasteiger partial charge is 0.307 e. The average Bonchev–Trinajstić information content (AvgIpc) is 2.39. The number of hydrogen-bond acceptors (Lipinski definition) is 4. The van der Waals surface area contributed by atoms with Gasteiger partial charge in [-0.25, -0.2) is 20.2 Å². The van der Waals surface area contributed by atoms with Crippen LogP contribution in [0.2, 0.25) is 0 Å². The van der Waals surface area contributed by atoms with Crippen LogP contribution >= 0.6 is 0 Å².